The number of halogens is 1. The number of carbonyl (C=O) groups is 1. The van der Waals surface area contributed by atoms with Gasteiger partial charge in [0, 0.05) is 11.9 Å². The minimum atomic E-state index is -3.29. The molecular weight excluding hydrogens is 376 g/mol. The quantitative estimate of drug-likeness (QED) is 0.744. The van der Waals surface area contributed by atoms with E-state index in [2.05, 4.69) is 5.32 Å². The van der Waals surface area contributed by atoms with Crippen LogP contribution >= 0.6 is 12.4 Å². The van der Waals surface area contributed by atoms with Gasteiger partial charge < -0.3 is 15.8 Å². The van der Waals surface area contributed by atoms with Crippen molar-refractivity contribution in [3.05, 3.63) is 48.5 Å². The van der Waals surface area contributed by atoms with Crippen LogP contribution in [0.4, 0.5) is 5.69 Å². The molecular formula is C18H23ClN2O4S. The number of hydrogen-bond donors (Lipinski definition) is 2. The first-order chi connectivity index (χ1) is 11.8. The maximum absolute atomic E-state index is 11.9. The molecule has 0 spiro atoms. The van der Waals surface area contributed by atoms with Crippen LogP contribution in [-0.4, -0.2) is 26.6 Å². The van der Waals surface area contributed by atoms with Gasteiger partial charge in [0.25, 0.3) is 0 Å². The number of benzene rings is 2. The number of ether oxygens (including phenoxy) is 1. The molecule has 3 N–H and O–H groups in total. The number of carbonyl (C=O) groups excluding carboxylic acids is 1. The van der Waals surface area contributed by atoms with Gasteiger partial charge in [0.15, 0.2) is 9.84 Å². The third kappa shape index (κ3) is 6.33. The Morgan fingerprint density at radius 2 is 1.81 bits per heavy atom. The van der Waals surface area contributed by atoms with Crippen molar-refractivity contribution >= 4 is 33.8 Å². The zero-order valence-electron chi connectivity index (χ0n) is 14.6. The molecule has 2 aromatic rings. The Balaban J connectivity index is 0.00000338. The van der Waals surface area contributed by atoms with Crippen LogP contribution in [0.25, 0.3) is 0 Å². The predicted molar refractivity (Wildman–Crippen MR) is 105 cm³/mol. The van der Waals surface area contributed by atoms with E-state index in [1.54, 1.807) is 36.4 Å². The van der Waals surface area contributed by atoms with Crippen LogP contribution in [0.2, 0.25) is 0 Å². The topological polar surface area (TPSA) is 98.5 Å². The van der Waals surface area contributed by atoms with Crippen molar-refractivity contribution in [2.45, 2.75) is 30.7 Å². The van der Waals surface area contributed by atoms with Crippen LogP contribution in [0, 0.1) is 0 Å². The Kier molecular flexibility index (Phi) is 8.08. The molecule has 0 saturated carbocycles. The fraction of sp³-hybridized carbons (Fsp3) is 0.278. The highest BCUT2D eigenvalue weighted by atomic mass is 35.5. The Morgan fingerprint density at radius 3 is 2.38 bits per heavy atom. The summed E-state index contributed by atoms with van der Waals surface area (Å²) in [5, 5.41) is 2.75. The Bertz CT molecular complexity index is 839. The number of anilines is 1. The smallest absolute Gasteiger partial charge is 0.241 e. The van der Waals surface area contributed by atoms with E-state index in [0.717, 1.165) is 12.7 Å². The summed E-state index contributed by atoms with van der Waals surface area (Å²) in [4.78, 5) is 12.1. The zero-order valence-corrected chi connectivity index (χ0v) is 16.3. The van der Waals surface area contributed by atoms with Gasteiger partial charge in [-0.25, -0.2) is 8.42 Å². The third-order valence-corrected chi connectivity index (χ3v) is 4.64. The van der Waals surface area contributed by atoms with Gasteiger partial charge in [-0.05, 0) is 48.9 Å². The van der Waals surface area contributed by atoms with Gasteiger partial charge in [0.05, 0.1) is 10.9 Å². The van der Waals surface area contributed by atoms with Gasteiger partial charge in [0.2, 0.25) is 5.91 Å². The van der Waals surface area contributed by atoms with Crippen LogP contribution in [0.1, 0.15) is 19.8 Å². The molecule has 0 saturated heterocycles. The molecule has 0 aliphatic carbocycles. The summed E-state index contributed by atoms with van der Waals surface area (Å²) in [6.45, 7) is 1.97. The fourth-order valence-electron chi connectivity index (χ4n) is 2.19. The van der Waals surface area contributed by atoms with Crippen LogP contribution < -0.4 is 15.8 Å². The highest BCUT2D eigenvalue weighted by Crippen LogP contribution is 2.25. The number of hydrogen-bond acceptors (Lipinski definition) is 5. The highest BCUT2D eigenvalue weighted by Gasteiger charge is 2.12. The molecule has 0 aliphatic rings. The lowest BCUT2D eigenvalue weighted by Gasteiger charge is -2.12. The first-order valence-corrected chi connectivity index (χ1v) is 9.83. The molecule has 0 bridgehead atoms. The van der Waals surface area contributed by atoms with Crippen molar-refractivity contribution in [1.29, 1.82) is 0 Å². The van der Waals surface area contributed by atoms with E-state index in [4.69, 9.17) is 10.5 Å². The molecule has 0 radical (unpaired) electrons. The maximum Gasteiger partial charge on any atom is 0.241 e. The van der Waals surface area contributed by atoms with Crippen molar-refractivity contribution in [2.24, 2.45) is 5.73 Å². The molecule has 1 atom stereocenters. The zero-order chi connectivity index (χ0) is 18.4. The average Bonchev–Trinajstić information content (AvgIpc) is 2.56. The molecule has 142 valence electrons. The van der Waals surface area contributed by atoms with Crippen molar-refractivity contribution in [2.75, 3.05) is 11.6 Å². The fourth-order valence-corrected chi connectivity index (χ4v) is 2.84. The molecule has 8 heteroatoms. The predicted octanol–water partition coefficient (Wildman–Crippen LogP) is 3.37. The standard InChI is InChI=1S/C18H22N2O4S.ClH/c1-3-5-17(19)18(21)20-13-8-10-14(11-9-13)24-15-6-4-7-16(12-15)25(2,22)23;/h4,6-12,17H,3,5,19H2,1-2H3,(H,20,21);1H. The first kappa shape index (κ1) is 22.0. The highest BCUT2D eigenvalue weighted by molar-refractivity contribution is 7.90. The molecule has 0 aromatic heterocycles. The number of nitrogens with one attached hydrogen (secondary N) is 1. The first-order valence-electron chi connectivity index (χ1n) is 7.94. The van der Waals surface area contributed by atoms with E-state index in [-0.39, 0.29) is 23.2 Å². The maximum atomic E-state index is 11.9. The second-order valence-corrected chi connectivity index (χ2v) is 7.77. The molecule has 26 heavy (non-hydrogen) atoms. The van der Waals surface area contributed by atoms with Gasteiger partial charge >= 0.3 is 0 Å². The molecule has 0 heterocycles. The van der Waals surface area contributed by atoms with Gasteiger partial charge in [-0.2, -0.15) is 0 Å². The molecule has 6 nitrogen and oxygen atoms in total. The van der Waals surface area contributed by atoms with E-state index in [1.165, 1.54) is 12.1 Å². The Hall–Kier alpha value is -2.09. The summed E-state index contributed by atoms with van der Waals surface area (Å²) >= 11 is 0. The summed E-state index contributed by atoms with van der Waals surface area (Å²) < 4.78 is 28.8. The van der Waals surface area contributed by atoms with Gasteiger partial charge in [0.1, 0.15) is 11.5 Å². The molecule has 1 unspecified atom stereocenters. The second-order valence-electron chi connectivity index (χ2n) is 5.76. The van der Waals surface area contributed by atoms with Crippen LogP contribution in [-0.2, 0) is 14.6 Å². The third-order valence-electron chi connectivity index (χ3n) is 3.53. The molecule has 0 aliphatic heterocycles. The van der Waals surface area contributed by atoms with Crippen LogP contribution in [0.5, 0.6) is 11.5 Å². The van der Waals surface area contributed by atoms with Crippen LogP contribution in [0.3, 0.4) is 0 Å². The van der Waals surface area contributed by atoms with Gasteiger partial charge in [-0.3, -0.25) is 4.79 Å². The van der Waals surface area contributed by atoms with Gasteiger partial charge in [-0.1, -0.05) is 19.4 Å². The lowest BCUT2D eigenvalue weighted by molar-refractivity contribution is -0.117. The number of sulfone groups is 1. The van der Waals surface area contributed by atoms with Crippen LogP contribution in [0.15, 0.2) is 53.4 Å². The average molecular weight is 399 g/mol. The summed E-state index contributed by atoms with van der Waals surface area (Å²) in [6.07, 6.45) is 2.62. The second kappa shape index (κ2) is 9.56. The van der Waals surface area contributed by atoms with Crippen molar-refractivity contribution < 1.29 is 17.9 Å². The van der Waals surface area contributed by atoms with Crippen molar-refractivity contribution in [1.82, 2.24) is 0 Å². The summed E-state index contributed by atoms with van der Waals surface area (Å²) in [5.41, 5.74) is 6.39. The Labute approximate surface area is 160 Å². The largest absolute Gasteiger partial charge is 0.457 e. The minimum Gasteiger partial charge on any atom is -0.457 e. The monoisotopic (exact) mass is 398 g/mol. The van der Waals surface area contributed by atoms with Gasteiger partial charge in [-0.15, -0.1) is 12.4 Å². The number of amides is 1. The Morgan fingerprint density at radius 1 is 1.15 bits per heavy atom. The van der Waals surface area contributed by atoms with E-state index in [9.17, 15) is 13.2 Å². The van der Waals surface area contributed by atoms with E-state index in [0.29, 0.717) is 23.6 Å². The minimum absolute atomic E-state index is 0. The SMILES string of the molecule is CCCC(N)C(=O)Nc1ccc(Oc2cccc(S(C)(=O)=O)c2)cc1.Cl. The molecule has 0 fully saturated rings. The molecule has 2 aromatic carbocycles. The number of rotatable bonds is 7. The summed E-state index contributed by atoms with van der Waals surface area (Å²) in [7, 11) is -3.29. The summed E-state index contributed by atoms with van der Waals surface area (Å²) in [5.74, 6) is 0.725. The lowest BCUT2D eigenvalue weighted by Crippen LogP contribution is -2.35. The summed E-state index contributed by atoms with van der Waals surface area (Å²) in [6, 6.07) is 12.5. The van der Waals surface area contributed by atoms with E-state index in [1.807, 2.05) is 6.92 Å². The molecule has 1 amide bonds. The van der Waals surface area contributed by atoms with Crippen molar-refractivity contribution in [3.8, 4) is 11.5 Å². The molecule has 2 rings (SSSR count). The van der Waals surface area contributed by atoms with E-state index >= 15 is 0 Å². The number of nitrogens with two attached hydrogens (primary N) is 1. The van der Waals surface area contributed by atoms with E-state index < -0.39 is 15.9 Å². The van der Waals surface area contributed by atoms with Crippen molar-refractivity contribution in [3.63, 3.8) is 0 Å². The lowest BCUT2D eigenvalue weighted by atomic mass is 10.1. The normalized spacial score (nSPS) is 12.0.